The third-order valence-corrected chi connectivity index (χ3v) is 4.40. The van der Waals surface area contributed by atoms with E-state index < -0.39 is 0 Å². The Kier molecular flexibility index (Phi) is 6.94. The molecule has 7 heteroatoms. The number of hydrogen-bond donors (Lipinski definition) is 2. The smallest absolute Gasteiger partial charge is 0.251 e. The summed E-state index contributed by atoms with van der Waals surface area (Å²) in [6, 6.07) is 10.8. The number of ether oxygens (including phenoxy) is 2. The van der Waals surface area contributed by atoms with Gasteiger partial charge in [-0.15, -0.1) is 10.2 Å². The fourth-order valence-corrected chi connectivity index (χ4v) is 2.78. The molecular formula is C22H28N4O3. The number of unbranched alkanes of at least 4 members (excludes halogenated alkanes) is 2. The van der Waals surface area contributed by atoms with Crippen LogP contribution in [0.3, 0.4) is 0 Å². The van der Waals surface area contributed by atoms with Gasteiger partial charge in [-0.1, -0.05) is 26.7 Å². The van der Waals surface area contributed by atoms with Gasteiger partial charge in [-0.25, -0.2) is 0 Å². The van der Waals surface area contributed by atoms with E-state index in [1.807, 2.05) is 12.1 Å². The van der Waals surface area contributed by atoms with Crippen LogP contribution in [0.5, 0.6) is 11.5 Å². The van der Waals surface area contributed by atoms with Crippen LogP contribution in [0.1, 0.15) is 39.5 Å². The van der Waals surface area contributed by atoms with Gasteiger partial charge in [-0.05, 0) is 49.2 Å². The number of aromatic nitrogens is 2. The van der Waals surface area contributed by atoms with Crippen LogP contribution in [0, 0.1) is 0 Å². The van der Waals surface area contributed by atoms with Crippen LogP contribution in [-0.4, -0.2) is 23.4 Å². The van der Waals surface area contributed by atoms with Crippen LogP contribution in [0.2, 0.25) is 0 Å². The molecule has 0 amide bonds. The maximum atomic E-state index is 5.97. The fourth-order valence-electron chi connectivity index (χ4n) is 2.78. The van der Waals surface area contributed by atoms with Crippen LogP contribution >= 0.6 is 0 Å². The average Bonchev–Trinajstić information content (AvgIpc) is 3.20. The molecular weight excluding hydrogens is 368 g/mol. The highest BCUT2D eigenvalue weighted by Gasteiger charge is 2.18. The predicted octanol–water partition coefficient (Wildman–Crippen LogP) is 4.93. The van der Waals surface area contributed by atoms with E-state index in [9.17, 15) is 0 Å². The van der Waals surface area contributed by atoms with Crippen molar-refractivity contribution < 1.29 is 13.9 Å². The van der Waals surface area contributed by atoms with E-state index in [0.717, 1.165) is 25.7 Å². The first-order valence-corrected chi connectivity index (χ1v) is 10.0. The van der Waals surface area contributed by atoms with E-state index in [1.165, 1.54) is 0 Å². The summed E-state index contributed by atoms with van der Waals surface area (Å²) in [5, 5.41) is 8.42. The molecule has 3 rings (SSSR count). The summed E-state index contributed by atoms with van der Waals surface area (Å²) in [7, 11) is 0. The Balaban J connectivity index is 1.92. The largest absolute Gasteiger partial charge is 0.493 e. The highest BCUT2D eigenvalue weighted by Crippen LogP contribution is 2.36. The van der Waals surface area contributed by atoms with Gasteiger partial charge in [0.05, 0.1) is 24.3 Å². The second-order valence-corrected chi connectivity index (χ2v) is 6.83. The monoisotopic (exact) mass is 396 g/mol. The normalized spacial score (nSPS) is 10.8. The molecule has 1 heterocycles. The molecule has 154 valence electrons. The molecule has 29 heavy (non-hydrogen) atoms. The zero-order valence-corrected chi connectivity index (χ0v) is 17.0. The first-order chi connectivity index (χ1) is 14.1. The third kappa shape index (κ3) is 5.19. The molecule has 0 bridgehead atoms. The van der Waals surface area contributed by atoms with Crippen molar-refractivity contribution in [3.63, 3.8) is 0 Å². The lowest BCUT2D eigenvalue weighted by Crippen LogP contribution is -1.99. The van der Waals surface area contributed by atoms with Gasteiger partial charge < -0.3 is 25.4 Å². The van der Waals surface area contributed by atoms with Crippen molar-refractivity contribution in [1.29, 1.82) is 0 Å². The summed E-state index contributed by atoms with van der Waals surface area (Å²) < 4.78 is 17.7. The molecule has 0 fully saturated rings. The summed E-state index contributed by atoms with van der Waals surface area (Å²) >= 11 is 0. The van der Waals surface area contributed by atoms with Crippen molar-refractivity contribution in [2.45, 2.75) is 39.5 Å². The Morgan fingerprint density at radius 2 is 1.21 bits per heavy atom. The molecule has 0 atom stereocenters. The summed E-state index contributed by atoms with van der Waals surface area (Å²) in [6.07, 6.45) is 4.01. The molecule has 0 aliphatic carbocycles. The molecule has 0 spiro atoms. The number of nitrogens with zero attached hydrogens (tertiary/aromatic N) is 2. The van der Waals surface area contributed by atoms with Crippen LogP contribution < -0.4 is 20.9 Å². The van der Waals surface area contributed by atoms with E-state index in [0.29, 0.717) is 59.0 Å². The number of nitrogen functional groups attached to an aromatic ring is 2. The Hall–Kier alpha value is -3.22. The van der Waals surface area contributed by atoms with Gasteiger partial charge in [0, 0.05) is 11.4 Å². The molecule has 3 aromatic rings. The standard InChI is InChI=1S/C22H28N4O3/c1-3-5-11-27-19-9-7-15(23)13-17(19)21-25-26-22(29-21)18-14-16(24)8-10-20(18)28-12-6-4-2/h7-10,13-14H,3-6,11-12,23-24H2,1-2H3. The Labute approximate surface area is 171 Å². The second kappa shape index (κ2) is 9.82. The van der Waals surface area contributed by atoms with Gasteiger partial charge in [0.25, 0.3) is 11.8 Å². The van der Waals surface area contributed by atoms with Crippen LogP contribution in [0.4, 0.5) is 11.4 Å². The summed E-state index contributed by atoms with van der Waals surface area (Å²) in [6.45, 7) is 5.45. The van der Waals surface area contributed by atoms with Gasteiger partial charge in [0.1, 0.15) is 11.5 Å². The molecule has 0 saturated heterocycles. The van der Waals surface area contributed by atoms with Gasteiger partial charge >= 0.3 is 0 Å². The first-order valence-electron chi connectivity index (χ1n) is 10.0. The van der Waals surface area contributed by atoms with Crippen molar-refractivity contribution in [2.24, 2.45) is 0 Å². The molecule has 4 N–H and O–H groups in total. The first kappa shape index (κ1) is 20.5. The molecule has 7 nitrogen and oxygen atoms in total. The van der Waals surface area contributed by atoms with Crippen LogP contribution in [-0.2, 0) is 0 Å². The molecule has 0 aliphatic heterocycles. The highest BCUT2D eigenvalue weighted by molar-refractivity contribution is 5.71. The summed E-state index contributed by atoms with van der Waals surface area (Å²) in [5.41, 5.74) is 14.4. The zero-order valence-electron chi connectivity index (χ0n) is 17.0. The van der Waals surface area contributed by atoms with E-state index in [4.69, 9.17) is 25.4 Å². The number of hydrogen-bond acceptors (Lipinski definition) is 7. The lowest BCUT2D eigenvalue weighted by Gasteiger charge is -2.10. The fraction of sp³-hybridized carbons (Fsp3) is 0.364. The van der Waals surface area contributed by atoms with Gasteiger partial charge in [-0.2, -0.15) is 0 Å². The highest BCUT2D eigenvalue weighted by atomic mass is 16.5. The minimum Gasteiger partial charge on any atom is -0.493 e. The maximum Gasteiger partial charge on any atom is 0.251 e. The summed E-state index contributed by atoms with van der Waals surface area (Å²) in [4.78, 5) is 0. The van der Waals surface area contributed by atoms with E-state index in [1.54, 1.807) is 24.3 Å². The maximum absolute atomic E-state index is 5.97. The topological polar surface area (TPSA) is 109 Å². The van der Waals surface area contributed by atoms with Crippen molar-refractivity contribution in [1.82, 2.24) is 10.2 Å². The lowest BCUT2D eigenvalue weighted by molar-refractivity contribution is 0.309. The number of benzene rings is 2. The average molecular weight is 396 g/mol. The quantitative estimate of drug-likeness (QED) is 0.369. The number of nitrogens with two attached hydrogens (primary N) is 2. The van der Waals surface area contributed by atoms with Gasteiger partial charge in [-0.3, -0.25) is 0 Å². The Morgan fingerprint density at radius 3 is 1.62 bits per heavy atom. The minimum absolute atomic E-state index is 0.334. The molecule has 0 radical (unpaired) electrons. The van der Waals surface area contributed by atoms with Crippen molar-refractivity contribution in [2.75, 3.05) is 24.7 Å². The van der Waals surface area contributed by atoms with E-state index in [-0.39, 0.29) is 0 Å². The number of rotatable bonds is 10. The lowest BCUT2D eigenvalue weighted by atomic mass is 10.1. The molecule has 0 unspecified atom stereocenters. The second-order valence-electron chi connectivity index (χ2n) is 6.83. The van der Waals surface area contributed by atoms with Crippen molar-refractivity contribution in [3.8, 4) is 34.4 Å². The van der Waals surface area contributed by atoms with Crippen molar-refractivity contribution >= 4 is 11.4 Å². The molecule has 1 aromatic heterocycles. The minimum atomic E-state index is 0.334. The third-order valence-electron chi connectivity index (χ3n) is 4.40. The molecule has 2 aromatic carbocycles. The van der Waals surface area contributed by atoms with Gasteiger partial charge in [0.2, 0.25) is 0 Å². The molecule has 0 aliphatic rings. The summed E-state index contributed by atoms with van der Waals surface area (Å²) in [5.74, 6) is 1.99. The number of anilines is 2. The Bertz CT molecular complexity index is 866. The van der Waals surface area contributed by atoms with Gasteiger partial charge in [0.15, 0.2) is 0 Å². The van der Waals surface area contributed by atoms with Crippen LogP contribution in [0.25, 0.3) is 22.9 Å². The predicted molar refractivity (Wildman–Crippen MR) is 115 cm³/mol. The van der Waals surface area contributed by atoms with Crippen LogP contribution in [0.15, 0.2) is 40.8 Å². The molecule has 0 saturated carbocycles. The van der Waals surface area contributed by atoms with E-state index >= 15 is 0 Å². The Morgan fingerprint density at radius 1 is 0.759 bits per heavy atom. The van der Waals surface area contributed by atoms with Crippen molar-refractivity contribution in [3.05, 3.63) is 36.4 Å². The SMILES string of the molecule is CCCCOc1ccc(N)cc1-c1nnc(-c2cc(N)ccc2OCCCC)o1. The van der Waals surface area contributed by atoms with E-state index in [2.05, 4.69) is 24.0 Å². The zero-order chi connectivity index (χ0) is 20.6.